The lowest BCUT2D eigenvalue weighted by Crippen LogP contribution is -2.05. The first-order valence-electron chi connectivity index (χ1n) is 5.70. The molecule has 1 aromatic rings. The Kier molecular flexibility index (Phi) is 3.47. The van der Waals surface area contributed by atoms with E-state index in [0.717, 1.165) is 36.1 Å². The maximum Gasteiger partial charge on any atom is 0.330 e. The van der Waals surface area contributed by atoms with Crippen molar-refractivity contribution in [1.82, 2.24) is 0 Å². The molecule has 0 fully saturated rings. The highest BCUT2D eigenvalue weighted by atomic mass is 16.5. The topological polar surface area (TPSA) is 35.5 Å². The number of carbonyl (C=O) groups is 1. The minimum absolute atomic E-state index is 0.288. The van der Waals surface area contributed by atoms with Gasteiger partial charge in [-0.25, -0.2) is 4.79 Å². The lowest BCUT2D eigenvalue weighted by Gasteiger charge is -2.19. The number of rotatable bonds is 2. The fourth-order valence-corrected chi connectivity index (χ4v) is 2.17. The van der Waals surface area contributed by atoms with Crippen molar-refractivity contribution in [3.05, 3.63) is 35.4 Å². The van der Waals surface area contributed by atoms with Gasteiger partial charge in [0.15, 0.2) is 0 Å². The number of hydrogen-bond donors (Lipinski definition) is 0. The van der Waals surface area contributed by atoms with Crippen LogP contribution in [0.3, 0.4) is 0 Å². The smallest absolute Gasteiger partial charge is 0.330 e. The third kappa shape index (κ3) is 2.49. The molecule has 0 aliphatic heterocycles. The Morgan fingerprint density at radius 3 is 2.82 bits per heavy atom. The molecular weight excluding hydrogens is 216 g/mol. The molecule has 0 saturated carbocycles. The van der Waals surface area contributed by atoms with E-state index in [-0.39, 0.29) is 5.97 Å². The highest BCUT2D eigenvalue weighted by Gasteiger charge is 2.15. The molecular formula is C14H16O3. The van der Waals surface area contributed by atoms with Crippen LogP contribution >= 0.6 is 0 Å². The third-order valence-corrected chi connectivity index (χ3v) is 3.04. The Hall–Kier alpha value is -1.77. The van der Waals surface area contributed by atoms with E-state index in [2.05, 4.69) is 4.74 Å². The molecule has 0 amide bonds. The van der Waals surface area contributed by atoms with Gasteiger partial charge in [-0.05, 0) is 48.1 Å². The summed E-state index contributed by atoms with van der Waals surface area (Å²) < 4.78 is 9.88. The van der Waals surface area contributed by atoms with E-state index in [9.17, 15) is 4.79 Å². The number of carbonyl (C=O) groups excluding carboxylic acids is 1. The second-order valence-corrected chi connectivity index (χ2v) is 4.07. The van der Waals surface area contributed by atoms with E-state index >= 15 is 0 Å². The van der Waals surface area contributed by atoms with E-state index in [1.54, 1.807) is 13.2 Å². The Labute approximate surface area is 101 Å². The van der Waals surface area contributed by atoms with E-state index in [1.165, 1.54) is 12.7 Å². The average Bonchev–Trinajstić information content (AvgIpc) is 2.38. The molecule has 0 aromatic heterocycles. The quantitative estimate of drug-likeness (QED) is 0.580. The molecule has 0 unspecified atom stereocenters. The fraction of sp³-hybridized carbons (Fsp3) is 0.357. The van der Waals surface area contributed by atoms with Crippen molar-refractivity contribution >= 4 is 11.5 Å². The van der Waals surface area contributed by atoms with Crippen molar-refractivity contribution in [3.8, 4) is 5.75 Å². The van der Waals surface area contributed by atoms with Crippen molar-refractivity contribution in [3.63, 3.8) is 0 Å². The zero-order chi connectivity index (χ0) is 12.3. The molecule has 0 heterocycles. The van der Waals surface area contributed by atoms with Crippen molar-refractivity contribution in [2.24, 2.45) is 0 Å². The van der Waals surface area contributed by atoms with Gasteiger partial charge >= 0.3 is 5.97 Å². The van der Waals surface area contributed by atoms with Crippen molar-refractivity contribution in [2.75, 3.05) is 14.2 Å². The largest absolute Gasteiger partial charge is 0.497 e. The van der Waals surface area contributed by atoms with Crippen LogP contribution in [0.15, 0.2) is 24.3 Å². The number of fused-ring (bicyclic) bond motifs is 1. The van der Waals surface area contributed by atoms with Crippen LogP contribution in [0.25, 0.3) is 5.57 Å². The Balaban J connectivity index is 2.38. The minimum atomic E-state index is -0.288. The minimum Gasteiger partial charge on any atom is -0.497 e. The van der Waals surface area contributed by atoms with Gasteiger partial charge in [0.2, 0.25) is 0 Å². The summed E-state index contributed by atoms with van der Waals surface area (Å²) in [6, 6.07) is 5.98. The van der Waals surface area contributed by atoms with Gasteiger partial charge in [-0.15, -0.1) is 0 Å². The van der Waals surface area contributed by atoms with Crippen LogP contribution in [0.4, 0.5) is 0 Å². The summed E-state index contributed by atoms with van der Waals surface area (Å²) in [5, 5.41) is 0. The first kappa shape index (κ1) is 11.7. The van der Waals surface area contributed by atoms with Crippen LogP contribution in [0, 0.1) is 0 Å². The van der Waals surface area contributed by atoms with Crippen molar-refractivity contribution < 1.29 is 14.3 Å². The SMILES string of the molecule is COC(=O)/C=C1\CCCc2cc(OC)ccc21. The van der Waals surface area contributed by atoms with Crippen LogP contribution in [0.2, 0.25) is 0 Å². The monoisotopic (exact) mass is 232 g/mol. The number of methoxy groups -OCH3 is 2. The summed E-state index contributed by atoms with van der Waals surface area (Å²) in [5.41, 5.74) is 3.44. The molecule has 17 heavy (non-hydrogen) atoms. The Bertz CT molecular complexity index is 461. The normalized spacial score (nSPS) is 16.5. The highest BCUT2D eigenvalue weighted by molar-refractivity contribution is 5.92. The number of allylic oxidation sites excluding steroid dienone is 1. The number of ether oxygens (including phenoxy) is 2. The highest BCUT2D eigenvalue weighted by Crippen LogP contribution is 2.32. The third-order valence-electron chi connectivity index (χ3n) is 3.04. The molecule has 2 rings (SSSR count). The molecule has 1 aromatic carbocycles. The molecule has 3 nitrogen and oxygen atoms in total. The van der Waals surface area contributed by atoms with E-state index < -0.39 is 0 Å². The van der Waals surface area contributed by atoms with Gasteiger partial charge in [0.25, 0.3) is 0 Å². The lowest BCUT2D eigenvalue weighted by atomic mass is 9.87. The molecule has 0 saturated heterocycles. The lowest BCUT2D eigenvalue weighted by molar-refractivity contribution is -0.134. The van der Waals surface area contributed by atoms with Gasteiger partial charge in [-0.2, -0.15) is 0 Å². The fourth-order valence-electron chi connectivity index (χ4n) is 2.17. The summed E-state index contributed by atoms with van der Waals surface area (Å²) >= 11 is 0. The maximum absolute atomic E-state index is 11.3. The predicted octanol–water partition coefficient (Wildman–Crippen LogP) is 2.59. The van der Waals surface area contributed by atoms with Gasteiger partial charge in [0.1, 0.15) is 5.75 Å². The van der Waals surface area contributed by atoms with Gasteiger partial charge < -0.3 is 9.47 Å². The molecule has 0 N–H and O–H groups in total. The second-order valence-electron chi connectivity index (χ2n) is 4.07. The van der Waals surface area contributed by atoms with Crippen LogP contribution in [-0.2, 0) is 16.0 Å². The van der Waals surface area contributed by atoms with Crippen LogP contribution in [0.5, 0.6) is 5.75 Å². The first-order valence-corrected chi connectivity index (χ1v) is 5.70. The number of benzene rings is 1. The van der Waals surface area contributed by atoms with Crippen LogP contribution in [-0.4, -0.2) is 20.2 Å². The molecule has 0 atom stereocenters. The van der Waals surface area contributed by atoms with E-state index in [1.807, 2.05) is 18.2 Å². The van der Waals surface area contributed by atoms with E-state index in [0.29, 0.717) is 0 Å². The first-order chi connectivity index (χ1) is 8.24. The average molecular weight is 232 g/mol. The van der Waals surface area contributed by atoms with Crippen LogP contribution < -0.4 is 4.74 Å². The molecule has 1 aliphatic carbocycles. The summed E-state index contributed by atoms with van der Waals surface area (Å²) in [7, 11) is 3.06. The van der Waals surface area contributed by atoms with Crippen molar-refractivity contribution in [1.29, 1.82) is 0 Å². The van der Waals surface area contributed by atoms with Crippen molar-refractivity contribution in [2.45, 2.75) is 19.3 Å². The summed E-state index contributed by atoms with van der Waals surface area (Å²) in [4.78, 5) is 11.3. The molecule has 1 aliphatic rings. The summed E-state index contributed by atoms with van der Waals surface area (Å²) in [6.45, 7) is 0. The maximum atomic E-state index is 11.3. The second kappa shape index (κ2) is 5.04. The van der Waals surface area contributed by atoms with E-state index in [4.69, 9.17) is 4.74 Å². The number of hydrogen-bond acceptors (Lipinski definition) is 3. The summed E-state index contributed by atoms with van der Waals surface area (Å²) in [6.07, 6.45) is 4.60. The molecule has 0 bridgehead atoms. The zero-order valence-corrected chi connectivity index (χ0v) is 10.2. The molecule has 90 valence electrons. The standard InChI is InChI=1S/C14H16O3/c1-16-12-6-7-13-10(8-12)4-3-5-11(13)9-14(15)17-2/h6-9H,3-5H2,1-2H3/b11-9+. The molecule has 0 radical (unpaired) electrons. The number of aryl methyl sites for hydroxylation is 1. The van der Waals surface area contributed by atoms with Gasteiger partial charge in [0, 0.05) is 6.08 Å². The zero-order valence-electron chi connectivity index (χ0n) is 10.2. The predicted molar refractivity (Wildman–Crippen MR) is 65.9 cm³/mol. The van der Waals surface area contributed by atoms with Gasteiger partial charge in [-0.3, -0.25) is 0 Å². The van der Waals surface area contributed by atoms with Gasteiger partial charge in [0.05, 0.1) is 14.2 Å². The Morgan fingerprint density at radius 2 is 2.12 bits per heavy atom. The molecule has 0 spiro atoms. The summed E-state index contributed by atoms with van der Waals surface area (Å²) in [5.74, 6) is 0.576. The Morgan fingerprint density at radius 1 is 1.29 bits per heavy atom. The van der Waals surface area contributed by atoms with Gasteiger partial charge in [-0.1, -0.05) is 6.07 Å². The molecule has 3 heteroatoms. The van der Waals surface area contributed by atoms with Crippen LogP contribution in [0.1, 0.15) is 24.0 Å². The number of esters is 1.